The number of aromatic nitrogens is 3. The lowest BCUT2D eigenvalue weighted by Gasteiger charge is -2.40. The van der Waals surface area contributed by atoms with Crippen molar-refractivity contribution in [2.75, 3.05) is 11.4 Å². The van der Waals surface area contributed by atoms with E-state index in [4.69, 9.17) is 11.6 Å². The zero-order chi connectivity index (χ0) is 15.2. The predicted molar refractivity (Wildman–Crippen MR) is 84.8 cm³/mol. The molecule has 0 spiro atoms. The van der Waals surface area contributed by atoms with Crippen LogP contribution in [0, 0.1) is 13.8 Å². The second-order valence-electron chi connectivity index (χ2n) is 6.26. The zero-order valence-electron chi connectivity index (χ0n) is 12.8. The van der Waals surface area contributed by atoms with E-state index >= 15 is 0 Å². The van der Waals surface area contributed by atoms with Crippen LogP contribution in [0.5, 0.6) is 0 Å². The van der Waals surface area contributed by atoms with Crippen LogP contribution in [0.2, 0.25) is 5.15 Å². The van der Waals surface area contributed by atoms with E-state index in [9.17, 15) is 0 Å². The fourth-order valence-electron chi connectivity index (χ4n) is 3.03. The first kappa shape index (κ1) is 14.3. The number of anilines is 1. The van der Waals surface area contributed by atoms with Crippen LogP contribution in [0.25, 0.3) is 0 Å². The quantitative estimate of drug-likeness (QED) is 0.757. The molecule has 4 nitrogen and oxygen atoms in total. The number of hydrogen-bond acceptors (Lipinski definition) is 4. The van der Waals surface area contributed by atoms with Crippen LogP contribution in [-0.2, 0) is 12.0 Å². The van der Waals surface area contributed by atoms with E-state index in [-0.39, 0.29) is 5.41 Å². The first-order valence-electron chi connectivity index (χ1n) is 7.08. The summed E-state index contributed by atoms with van der Waals surface area (Å²) in [6.07, 6.45) is 1.87. The predicted octanol–water partition coefficient (Wildman–Crippen LogP) is 3.44. The number of pyridine rings is 1. The molecular formula is C16H19ClN4. The van der Waals surface area contributed by atoms with E-state index in [2.05, 4.69) is 39.8 Å². The lowest BCUT2D eigenvalue weighted by molar-refractivity contribution is 0.458. The summed E-state index contributed by atoms with van der Waals surface area (Å²) in [6, 6.07) is 4.13. The summed E-state index contributed by atoms with van der Waals surface area (Å²) in [5.41, 5.74) is 3.34. The van der Waals surface area contributed by atoms with Crippen molar-refractivity contribution in [2.24, 2.45) is 0 Å². The summed E-state index contributed by atoms with van der Waals surface area (Å²) in [5.74, 6) is 1.63. The second-order valence-corrected chi connectivity index (χ2v) is 6.62. The van der Waals surface area contributed by atoms with Gasteiger partial charge >= 0.3 is 0 Å². The molecule has 0 aromatic carbocycles. The van der Waals surface area contributed by atoms with Gasteiger partial charge in [0.15, 0.2) is 0 Å². The average Bonchev–Trinajstić information content (AvgIpc) is 2.42. The largest absolute Gasteiger partial charge is 0.351 e. The molecule has 2 aromatic rings. The Morgan fingerprint density at radius 1 is 1.24 bits per heavy atom. The zero-order valence-corrected chi connectivity index (χ0v) is 13.6. The van der Waals surface area contributed by atoms with E-state index in [0.29, 0.717) is 11.0 Å². The third-order valence-electron chi connectivity index (χ3n) is 3.95. The molecule has 110 valence electrons. The van der Waals surface area contributed by atoms with Gasteiger partial charge in [0.25, 0.3) is 0 Å². The van der Waals surface area contributed by atoms with Gasteiger partial charge in [0, 0.05) is 30.3 Å². The Kier molecular flexibility index (Phi) is 3.36. The van der Waals surface area contributed by atoms with Gasteiger partial charge in [-0.15, -0.1) is 0 Å². The maximum atomic E-state index is 6.22. The molecule has 0 aliphatic carbocycles. The normalized spacial score (nSPS) is 16.7. The third kappa shape index (κ3) is 2.48. The van der Waals surface area contributed by atoms with Gasteiger partial charge in [-0.2, -0.15) is 0 Å². The van der Waals surface area contributed by atoms with E-state index in [0.717, 1.165) is 24.5 Å². The van der Waals surface area contributed by atoms with E-state index < -0.39 is 0 Å². The minimum atomic E-state index is -0.0212. The standard InChI is InChI=1S/C16H19ClN4/c1-10-14(17)19-11(2)20-15(10)21-8-12-6-5-7-18-13(12)16(3,4)9-21/h5-7H,8-9H2,1-4H3. The van der Waals surface area contributed by atoms with Gasteiger partial charge in [-0.05, 0) is 25.5 Å². The van der Waals surface area contributed by atoms with Crippen molar-refractivity contribution in [3.63, 3.8) is 0 Å². The molecule has 3 heterocycles. The summed E-state index contributed by atoms with van der Waals surface area (Å²) in [6.45, 7) is 9.96. The first-order valence-corrected chi connectivity index (χ1v) is 7.46. The fraction of sp³-hybridized carbons (Fsp3) is 0.438. The van der Waals surface area contributed by atoms with E-state index in [1.807, 2.05) is 26.1 Å². The Hall–Kier alpha value is -1.68. The molecule has 0 unspecified atom stereocenters. The van der Waals surface area contributed by atoms with Crippen LogP contribution in [0.15, 0.2) is 18.3 Å². The third-order valence-corrected chi connectivity index (χ3v) is 4.32. The molecule has 0 fully saturated rings. The lowest BCUT2D eigenvalue weighted by Crippen LogP contribution is -2.43. The van der Waals surface area contributed by atoms with Crippen LogP contribution in [0.1, 0.15) is 36.5 Å². The molecule has 0 amide bonds. The summed E-state index contributed by atoms with van der Waals surface area (Å²) in [4.78, 5) is 15.7. The Bertz CT molecular complexity index is 697. The molecule has 1 aliphatic rings. The molecule has 0 saturated heterocycles. The maximum absolute atomic E-state index is 6.22. The van der Waals surface area contributed by atoms with Gasteiger partial charge in [0.1, 0.15) is 16.8 Å². The van der Waals surface area contributed by atoms with Crippen molar-refractivity contribution in [2.45, 2.75) is 39.7 Å². The second kappa shape index (κ2) is 4.95. The molecular weight excluding hydrogens is 284 g/mol. The van der Waals surface area contributed by atoms with Gasteiger partial charge in [0.2, 0.25) is 0 Å². The Morgan fingerprint density at radius 3 is 2.76 bits per heavy atom. The monoisotopic (exact) mass is 302 g/mol. The summed E-state index contributed by atoms with van der Waals surface area (Å²) >= 11 is 6.22. The van der Waals surface area contributed by atoms with Gasteiger partial charge in [0.05, 0.1) is 5.69 Å². The molecule has 5 heteroatoms. The number of nitrogens with zero attached hydrogens (tertiary/aromatic N) is 4. The van der Waals surface area contributed by atoms with E-state index in [1.165, 1.54) is 11.3 Å². The highest BCUT2D eigenvalue weighted by Crippen LogP contribution is 2.35. The first-order chi connectivity index (χ1) is 9.88. The number of aryl methyl sites for hydroxylation is 1. The summed E-state index contributed by atoms with van der Waals surface area (Å²) < 4.78 is 0. The number of rotatable bonds is 1. The molecule has 3 rings (SSSR count). The molecule has 2 aromatic heterocycles. The molecule has 0 N–H and O–H groups in total. The van der Waals surface area contributed by atoms with Crippen molar-refractivity contribution in [1.29, 1.82) is 0 Å². The van der Waals surface area contributed by atoms with Crippen LogP contribution in [-0.4, -0.2) is 21.5 Å². The lowest BCUT2D eigenvalue weighted by atomic mass is 9.82. The molecule has 0 atom stereocenters. The van der Waals surface area contributed by atoms with Crippen LogP contribution < -0.4 is 4.90 Å². The molecule has 0 radical (unpaired) electrons. The van der Waals surface area contributed by atoms with Gasteiger partial charge in [-0.25, -0.2) is 9.97 Å². The van der Waals surface area contributed by atoms with E-state index in [1.54, 1.807) is 0 Å². The molecule has 0 saturated carbocycles. The van der Waals surface area contributed by atoms with Crippen molar-refractivity contribution < 1.29 is 0 Å². The van der Waals surface area contributed by atoms with Crippen molar-refractivity contribution >= 4 is 17.4 Å². The minimum Gasteiger partial charge on any atom is -0.351 e. The highest BCUT2D eigenvalue weighted by molar-refractivity contribution is 6.30. The van der Waals surface area contributed by atoms with Gasteiger partial charge < -0.3 is 4.90 Å². The van der Waals surface area contributed by atoms with Crippen molar-refractivity contribution in [3.8, 4) is 0 Å². The molecule has 1 aliphatic heterocycles. The van der Waals surface area contributed by atoms with Gasteiger partial charge in [-0.1, -0.05) is 31.5 Å². The van der Waals surface area contributed by atoms with Crippen LogP contribution in [0.3, 0.4) is 0 Å². The fourth-order valence-corrected chi connectivity index (χ4v) is 3.23. The highest BCUT2D eigenvalue weighted by atomic mass is 35.5. The number of hydrogen-bond donors (Lipinski definition) is 0. The Balaban J connectivity index is 2.07. The Morgan fingerprint density at radius 2 is 2.00 bits per heavy atom. The highest BCUT2D eigenvalue weighted by Gasteiger charge is 2.34. The topological polar surface area (TPSA) is 41.9 Å². The van der Waals surface area contributed by atoms with Crippen molar-refractivity contribution in [3.05, 3.63) is 46.1 Å². The minimum absolute atomic E-state index is 0.0212. The van der Waals surface area contributed by atoms with Crippen molar-refractivity contribution in [1.82, 2.24) is 15.0 Å². The summed E-state index contributed by atoms with van der Waals surface area (Å²) in [5, 5.41) is 0.535. The summed E-state index contributed by atoms with van der Waals surface area (Å²) in [7, 11) is 0. The molecule has 0 bridgehead atoms. The maximum Gasteiger partial charge on any atom is 0.137 e. The SMILES string of the molecule is Cc1nc(Cl)c(C)c(N2Cc3cccnc3C(C)(C)C2)n1. The Labute approximate surface area is 130 Å². The number of halogens is 1. The smallest absolute Gasteiger partial charge is 0.137 e. The number of fused-ring (bicyclic) bond motifs is 1. The van der Waals surface area contributed by atoms with Crippen LogP contribution in [0.4, 0.5) is 5.82 Å². The average molecular weight is 303 g/mol. The molecule has 21 heavy (non-hydrogen) atoms. The van der Waals surface area contributed by atoms with Gasteiger partial charge in [-0.3, -0.25) is 4.98 Å². The van der Waals surface area contributed by atoms with Crippen LogP contribution >= 0.6 is 11.6 Å².